The van der Waals surface area contributed by atoms with Crippen LogP contribution in [0.1, 0.15) is 42.9 Å². The largest absolute Gasteiger partial charge is 0.472 e. The van der Waals surface area contributed by atoms with Gasteiger partial charge in [0.2, 0.25) is 0 Å². The van der Waals surface area contributed by atoms with Gasteiger partial charge in [-0.2, -0.15) is 0 Å². The van der Waals surface area contributed by atoms with Gasteiger partial charge in [0.15, 0.2) is 0 Å². The number of hydrogen-bond donors (Lipinski definition) is 1. The molecule has 0 aliphatic carbocycles. The van der Waals surface area contributed by atoms with Gasteiger partial charge in [-0.1, -0.05) is 25.3 Å². The van der Waals surface area contributed by atoms with Gasteiger partial charge in [0.05, 0.1) is 29.1 Å². The van der Waals surface area contributed by atoms with E-state index in [4.69, 9.17) is 10.2 Å². The maximum Gasteiger partial charge on any atom is 0.0954 e. The summed E-state index contributed by atoms with van der Waals surface area (Å²) in [6.07, 6.45) is 3.29. The molecular formula is C11H15N3OS. The van der Waals surface area contributed by atoms with Gasteiger partial charge in [0.25, 0.3) is 0 Å². The van der Waals surface area contributed by atoms with Gasteiger partial charge in [-0.25, -0.2) is 0 Å². The molecule has 2 aromatic heterocycles. The molecule has 0 spiro atoms. The van der Waals surface area contributed by atoms with Crippen LogP contribution in [0, 0.1) is 0 Å². The highest BCUT2D eigenvalue weighted by Gasteiger charge is 2.26. The molecule has 0 aliphatic rings. The zero-order chi connectivity index (χ0) is 11.8. The van der Waals surface area contributed by atoms with Crippen molar-refractivity contribution in [3.05, 3.63) is 34.7 Å². The highest BCUT2D eigenvalue weighted by molar-refractivity contribution is 7.05. The fourth-order valence-corrected chi connectivity index (χ4v) is 2.42. The Bertz CT molecular complexity index is 456. The van der Waals surface area contributed by atoms with Gasteiger partial charge < -0.3 is 10.2 Å². The number of furan rings is 1. The van der Waals surface area contributed by atoms with Gasteiger partial charge >= 0.3 is 0 Å². The molecule has 1 unspecified atom stereocenters. The molecule has 16 heavy (non-hydrogen) atoms. The second kappa shape index (κ2) is 3.99. The average Bonchev–Trinajstić information content (AvgIpc) is 2.87. The van der Waals surface area contributed by atoms with Gasteiger partial charge in [-0.15, -0.1) is 5.10 Å². The first-order valence-electron chi connectivity index (χ1n) is 5.10. The molecule has 4 nitrogen and oxygen atoms in total. The minimum Gasteiger partial charge on any atom is -0.472 e. The molecule has 5 heteroatoms. The van der Waals surface area contributed by atoms with Crippen molar-refractivity contribution in [2.24, 2.45) is 5.73 Å². The maximum absolute atomic E-state index is 6.17. The van der Waals surface area contributed by atoms with Crippen LogP contribution in [0.2, 0.25) is 0 Å². The summed E-state index contributed by atoms with van der Waals surface area (Å²) in [4.78, 5) is 1.01. The molecule has 0 saturated heterocycles. The fraction of sp³-hybridized carbons (Fsp3) is 0.455. The van der Waals surface area contributed by atoms with Crippen molar-refractivity contribution in [2.45, 2.75) is 32.2 Å². The molecule has 0 radical (unpaired) electrons. The number of aromatic nitrogens is 2. The summed E-state index contributed by atoms with van der Waals surface area (Å²) in [6.45, 7) is 6.32. The second-order valence-electron chi connectivity index (χ2n) is 4.77. The summed E-state index contributed by atoms with van der Waals surface area (Å²) in [7, 11) is 0. The monoisotopic (exact) mass is 237 g/mol. The Morgan fingerprint density at radius 3 is 2.75 bits per heavy atom. The quantitative estimate of drug-likeness (QED) is 0.871. The molecule has 86 valence electrons. The molecule has 2 heterocycles. The third kappa shape index (κ3) is 2.01. The maximum atomic E-state index is 6.17. The highest BCUT2D eigenvalue weighted by Crippen LogP contribution is 2.32. The lowest BCUT2D eigenvalue weighted by Gasteiger charge is -2.18. The number of nitrogens with zero attached hydrogens (tertiary/aromatic N) is 2. The van der Waals surface area contributed by atoms with Crippen molar-refractivity contribution in [1.82, 2.24) is 9.59 Å². The Kier molecular flexibility index (Phi) is 2.82. The summed E-state index contributed by atoms with van der Waals surface area (Å²) in [6, 6.07) is 1.67. The normalized spacial score (nSPS) is 14.0. The minimum absolute atomic E-state index is 0.0380. The summed E-state index contributed by atoms with van der Waals surface area (Å²) < 4.78 is 9.04. The van der Waals surface area contributed by atoms with E-state index >= 15 is 0 Å². The van der Waals surface area contributed by atoms with Crippen molar-refractivity contribution in [1.29, 1.82) is 0 Å². The average molecular weight is 237 g/mol. The van der Waals surface area contributed by atoms with Crippen molar-refractivity contribution in [3.8, 4) is 0 Å². The van der Waals surface area contributed by atoms with E-state index in [1.807, 2.05) is 6.07 Å². The van der Waals surface area contributed by atoms with E-state index in [2.05, 4.69) is 30.4 Å². The molecule has 0 amide bonds. The van der Waals surface area contributed by atoms with Crippen LogP contribution in [0.15, 0.2) is 23.0 Å². The molecule has 1 atom stereocenters. The SMILES string of the molecule is CC(C)(C)c1nnsc1C(N)c1ccoc1. The second-order valence-corrected chi connectivity index (χ2v) is 5.56. The lowest BCUT2D eigenvalue weighted by molar-refractivity contribution is 0.551. The Labute approximate surface area is 98.6 Å². The molecule has 2 N–H and O–H groups in total. The standard InChI is InChI=1S/C11H15N3OS/c1-11(2,3)10-9(16-14-13-10)8(12)7-4-5-15-6-7/h4-6,8H,12H2,1-3H3. The Morgan fingerprint density at radius 1 is 1.44 bits per heavy atom. The van der Waals surface area contributed by atoms with E-state index in [1.54, 1.807) is 12.5 Å². The van der Waals surface area contributed by atoms with Crippen LogP contribution in [-0.2, 0) is 5.41 Å². The zero-order valence-electron chi connectivity index (χ0n) is 9.60. The van der Waals surface area contributed by atoms with Gasteiger partial charge in [0.1, 0.15) is 0 Å². The lowest BCUT2D eigenvalue weighted by Crippen LogP contribution is -2.19. The van der Waals surface area contributed by atoms with E-state index in [0.717, 1.165) is 16.1 Å². The van der Waals surface area contributed by atoms with E-state index < -0.39 is 0 Å². The Morgan fingerprint density at radius 2 is 2.19 bits per heavy atom. The first-order chi connectivity index (χ1) is 7.50. The summed E-state index contributed by atoms with van der Waals surface area (Å²) in [5.74, 6) is 0. The zero-order valence-corrected chi connectivity index (χ0v) is 10.4. The molecule has 2 aromatic rings. The van der Waals surface area contributed by atoms with Crippen molar-refractivity contribution >= 4 is 11.5 Å². The molecule has 0 saturated carbocycles. The van der Waals surface area contributed by atoms with E-state index in [1.165, 1.54) is 11.5 Å². The first kappa shape index (κ1) is 11.3. The van der Waals surface area contributed by atoms with Crippen LogP contribution in [0.25, 0.3) is 0 Å². The molecule has 0 fully saturated rings. The number of nitrogens with two attached hydrogens (primary N) is 1. The molecule has 0 aromatic carbocycles. The topological polar surface area (TPSA) is 64.9 Å². The molecule has 0 aliphatic heterocycles. The van der Waals surface area contributed by atoms with Gasteiger partial charge in [0, 0.05) is 11.0 Å². The Hall–Kier alpha value is -1.20. The molecular weight excluding hydrogens is 222 g/mol. The van der Waals surface area contributed by atoms with E-state index in [9.17, 15) is 0 Å². The van der Waals surface area contributed by atoms with Crippen molar-refractivity contribution in [2.75, 3.05) is 0 Å². The number of hydrogen-bond acceptors (Lipinski definition) is 5. The van der Waals surface area contributed by atoms with Crippen LogP contribution < -0.4 is 5.73 Å². The summed E-state index contributed by atoms with van der Waals surface area (Å²) in [5, 5.41) is 4.18. The lowest BCUT2D eigenvalue weighted by atomic mass is 9.89. The minimum atomic E-state index is -0.201. The molecule has 0 bridgehead atoms. The van der Waals surface area contributed by atoms with Crippen molar-refractivity contribution in [3.63, 3.8) is 0 Å². The summed E-state index contributed by atoms with van der Waals surface area (Å²) >= 11 is 1.35. The van der Waals surface area contributed by atoms with Crippen LogP contribution in [0.4, 0.5) is 0 Å². The van der Waals surface area contributed by atoms with Crippen LogP contribution in [0.5, 0.6) is 0 Å². The van der Waals surface area contributed by atoms with E-state index in [0.29, 0.717) is 0 Å². The van der Waals surface area contributed by atoms with Crippen LogP contribution in [-0.4, -0.2) is 9.59 Å². The third-order valence-corrected chi connectivity index (χ3v) is 3.22. The number of rotatable bonds is 2. The predicted octanol–water partition coefficient (Wildman–Crippen LogP) is 2.48. The third-order valence-electron chi connectivity index (χ3n) is 2.41. The smallest absolute Gasteiger partial charge is 0.0954 e. The molecule has 2 rings (SSSR count). The van der Waals surface area contributed by atoms with Gasteiger partial charge in [-0.3, -0.25) is 0 Å². The van der Waals surface area contributed by atoms with Crippen LogP contribution in [0.3, 0.4) is 0 Å². The summed E-state index contributed by atoms with van der Waals surface area (Å²) in [5.41, 5.74) is 8.05. The fourth-order valence-electron chi connectivity index (χ4n) is 1.52. The van der Waals surface area contributed by atoms with Crippen LogP contribution >= 0.6 is 11.5 Å². The van der Waals surface area contributed by atoms with Crippen molar-refractivity contribution < 1.29 is 4.42 Å². The van der Waals surface area contributed by atoms with E-state index in [-0.39, 0.29) is 11.5 Å². The predicted molar refractivity (Wildman–Crippen MR) is 63.3 cm³/mol. The van der Waals surface area contributed by atoms with Gasteiger partial charge in [-0.05, 0) is 17.6 Å². The first-order valence-corrected chi connectivity index (χ1v) is 5.88. The highest BCUT2D eigenvalue weighted by atomic mass is 32.1. The Balaban J connectivity index is 2.38.